The van der Waals surface area contributed by atoms with Crippen molar-refractivity contribution in [3.05, 3.63) is 29.8 Å². The Morgan fingerprint density at radius 3 is 2.76 bits per heavy atom. The lowest BCUT2D eigenvalue weighted by molar-refractivity contribution is 0.176. The monoisotopic (exact) mass is 294 g/mol. The van der Waals surface area contributed by atoms with Crippen LogP contribution in [0, 0.1) is 0 Å². The normalized spacial score (nSPS) is 10.2. The van der Waals surface area contributed by atoms with E-state index in [-0.39, 0.29) is 12.6 Å². The number of aliphatic hydroxyl groups is 1. The minimum Gasteiger partial charge on any atom is -0.496 e. The molecule has 0 atom stereocenters. The van der Waals surface area contributed by atoms with Gasteiger partial charge in [-0.15, -0.1) is 0 Å². The molecular weight excluding hydrogens is 268 g/mol. The molecule has 0 fully saturated rings. The number of ether oxygens (including phenoxy) is 1. The average molecular weight is 294 g/mol. The number of unbranched alkanes of at least 4 members (excludes halogenated alkanes) is 1. The molecule has 0 saturated heterocycles. The number of nitrogens with one attached hydrogen (secondary N) is 1. The van der Waals surface area contributed by atoms with E-state index >= 15 is 0 Å². The lowest BCUT2D eigenvalue weighted by Crippen LogP contribution is -2.42. The van der Waals surface area contributed by atoms with Crippen LogP contribution in [0.1, 0.15) is 25.3 Å². The van der Waals surface area contributed by atoms with Gasteiger partial charge in [-0.25, -0.2) is 4.79 Å². The number of carbonyl (C=O) groups is 1. The van der Waals surface area contributed by atoms with E-state index in [0.29, 0.717) is 19.6 Å². The third kappa shape index (κ3) is 6.04. The lowest BCUT2D eigenvalue weighted by Gasteiger charge is -2.22. The number of nitrogens with zero attached hydrogens (tertiary/aromatic N) is 1. The maximum Gasteiger partial charge on any atom is 0.317 e. The van der Waals surface area contributed by atoms with Crippen LogP contribution in [0.5, 0.6) is 5.75 Å². The van der Waals surface area contributed by atoms with Crippen LogP contribution in [0.25, 0.3) is 0 Å². The topological polar surface area (TPSA) is 61.8 Å². The van der Waals surface area contributed by atoms with Crippen LogP contribution in [-0.2, 0) is 6.42 Å². The third-order valence-corrected chi connectivity index (χ3v) is 3.30. The van der Waals surface area contributed by atoms with E-state index in [2.05, 4.69) is 12.2 Å². The standard InChI is InChI=1S/C16H26N2O3/c1-3-4-11-18(12-13-19)16(20)17-10-9-14-7-5-6-8-15(14)21-2/h5-8,19H,3-4,9-13H2,1-2H3,(H,17,20). The maximum absolute atomic E-state index is 12.1. The molecule has 2 amide bonds. The lowest BCUT2D eigenvalue weighted by atomic mass is 10.1. The van der Waals surface area contributed by atoms with E-state index in [1.165, 1.54) is 0 Å². The molecule has 0 unspecified atom stereocenters. The van der Waals surface area contributed by atoms with Crippen LogP contribution < -0.4 is 10.1 Å². The first-order chi connectivity index (χ1) is 10.2. The summed E-state index contributed by atoms with van der Waals surface area (Å²) < 4.78 is 5.29. The first-order valence-corrected chi connectivity index (χ1v) is 7.48. The van der Waals surface area contributed by atoms with Gasteiger partial charge >= 0.3 is 6.03 Å². The number of hydrogen-bond acceptors (Lipinski definition) is 3. The Balaban J connectivity index is 2.43. The van der Waals surface area contributed by atoms with Crippen LogP contribution >= 0.6 is 0 Å². The van der Waals surface area contributed by atoms with Crippen molar-refractivity contribution >= 4 is 6.03 Å². The summed E-state index contributed by atoms with van der Waals surface area (Å²) in [6.07, 6.45) is 2.69. The van der Waals surface area contributed by atoms with Crippen molar-refractivity contribution in [2.24, 2.45) is 0 Å². The zero-order valence-corrected chi connectivity index (χ0v) is 13.0. The van der Waals surface area contributed by atoms with Gasteiger partial charge in [0, 0.05) is 19.6 Å². The third-order valence-electron chi connectivity index (χ3n) is 3.30. The van der Waals surface area contributed by atoms with Gasteiger partial charge in [0.2, 0.25) is 0 Å². The highest BCUT2D eigenvalue weighted by Gasteiger charge is 2.11. The summed E-state index contributed by atoms with van der Waals surface area (Å²) in [4.78, 5) is 13.7. The number of hydrogen-bond donors (Lipinski definition) is 2. The van der Waals surface area contributed by atoms with Crippen LogP contribution in [0.2, 0.25) is 0 Å². The molecule has 0 aliphatic rings. The Labute approximate surface area is 126 Å². The van der Waals surface area contributed by atoms with Crippen LogP contribution in [0.4, 0.5) is 4.79 Å². The van der Waals surface area contributed by atoms with Gasteiger partial charge in [-0.1, -0.05) is 31.5 Å². The fourth-order valence-corrected chi connectivity index (χ4v) is 2.11. The molecule has 0 radical (unpaired) electrons. The molecule has 5 nitrogen and oxygen atoms in total. The number of carbonyl (C=O) groups excluding carboxylic acids is 1. The number of amides is 2. The van der Waals surface area contributed by atoms with Crippen molar-refractivity contribution < 1.29 is 14.6 Å². The molecule has 1 rings (SSSR count). The van der Waals surface area contributed by atoms with E-state index in [4.69, 9.17) is 9.84 Å². The van der Waals surface area contributed by atoms with Crippen molar-refractivity contribution in [2.45, 2.75) is 26.2 Å². The van der Waals surface area contributed by atoms with Gasteiger partial charge in [0.15, 0.2) is 0 Å². The van der Waals surface area contributed by atoms with Crippen molar-refractivity contribution in [2.75, 3.05) is 33.4 Å². The van der Waals surface area contributed by atoms with Crippen molar-refractivity contribution in [1.82, 2.24) is 10.2 Å². The fourth-order valence-electron chi connectivity index (χ4n) is 2.11. The summed E-state index contributed by atoms with van der Waals surface area (Å²) in [5.41, 5.74) is 1.07. The Morgan fingerprint density at radius 1 is 1.33 bits per heavy atom. The minimum absolute atomic E-state index is 0.0103. The fraction of sp³-hybridized carbons (Fsp3) is 0.562. The van der Waals surface area contributed by atoms with Gasteiger partial charge < -0.3 is 20.1 Å². The quantitative estimate of drug-likeness (QED) is 0.732. The Hall–Kier alpha value is -1.75. The van der Waals surface area contributed by atoms with Gasteiger partial charge in [0.05, 0.1) is 13.7 Å². The summed E-state index contributed by atoms with van der Waals surface area (Å²) in [6.45, 7) is 3.67. The minimum atomic E-state index is -0.118. The molecular formula is C16H26N2O3. The summed E-state index contributed by atoms with van der Waals surface area (Å²) >= 11 is 0. The smallest absolute Gasteiger partial charge is 0.317 e. The maximum atomic E-state index is 12.1. The molecule has 0 bridgehead atoms. The molecule has 1 aromatic carbocycles. The van der Waals surface area contributed by atoms with E-state index in [1.807, 2.05) is 24.3 Å². The molecule has 0 saturated carbocycles. The number of urea groups is 1. The second-order valence-corrected chi connectivity index (χ2v) is 4.86. The predicted molar refractivity (Wildman–Crippen MR) is 83.7 cm³/mol. The number of aliphatic hydroxyl groups excluding tert-OH is 1. The molecule has 21 heavy (non-hydrogen) atoms. The Morgan fingerprint density at radius 2 is 2.10 bits per heavy atom. The van der Waals surface area contributed by atoms with E-state index in [0.717, 1.165) is 30.6 Å². The molecule has 118 valence electrons. The first kappa shape index (κ1) is 17.3. The van der Waals surface area contributed by atoms with Crippen LogP contribution in [-0.4, -0.2) is 49.4 Å². The summed E-state index contributed by atoms with van der Waals surface area (Å²) in [5, 5.41) is 11.9. The van der Waals surface area contributed by atoms with E-state index in [1.54, 1.807) is 12.0 Å². The predicted octanol–water partition coefficient (Wildman–Crippen LogP) is 2.04. The molecule has 0 aliphatic carbocycles. The molecule has 0 spiro atoms. The number of rotatable bonds is 9. The van der Waals surface area contributed by atoms with Crippen molar-refractivity contribution in [1.29, 1.82) is 0 Å². The number of methoxy groups -OCH3 is 1. The van der Waals surface area contributed by atoms with Gasteiger partial charge in [-0.05, 0) is 24.5 Å². The molecule has 2 N–H and O–H groups in total. The highest BCUT2D eigenvalue weighted by molar-refractivity contribution is 5.74. The SMILES string of the molecule is CCCCN(CCO)C(=O)NCCc1ccccc1OC. The molecule has 5 heteroatoms. The van der Waals surface area contributed by atoms with Gasteiger partial charge in [0.1, 0.15) is 5.75 Å². The first-order valence-electron chi connectivity index (χ1n) is 7.48. The summed E-state index contributed by atoms with van der Waals surface area (Å²) in [6, 6.07) is 7.67. The molecule has 0 aliphatic heterocycles. The van der Waals surface area contributed by atoms with E-state index < -0.39 is 0 Å². The van der Waals surface area contributed by atoms with Crippen LogP contribution in [0.3, 0.4) is 0 Å². The number of benzene rings is 1. The Bertz CT molecular complexity index is 424. The Kier molecular flexibility index (Phi) is 8.28. The average Bonchev–Trinajstić information content (AvgIpc) is 2.51. The highest BCUT2D eigenvalue weighted by atomic mass is 16.5. The summed E-state index contributed by atoms with van der Waals surface area (Å²) in [7, 11) is 1.64. The zero-order chi connectivity index (χ0) is 15.5. The molecule has 0 heterocycles. The molecule has 1 aromatic rings. The zero-order valence-electron chi connectivity index (χ0n) is 13.0. The van der Waals surface area contributed by atoms with Crippen LogP contribution in [0.15, 0.2) is 24.3 Å². The largest absolute Gasteiger partial charge is 0.496 e. The number of para-hydroxylation sites is 1. The van der Waals surface area contributed by atoms with E-state index in [9.17, 15) is 4.79 Å². The molecule has 0 aromatic heterocycles. The van der Waals surface area contributed by atoms with Crippen molar-refractivity contribution in [3.8, 4) is 5.75 Å². The van der Waals surface area contributed by atoms with Gasteiger partial charge in [0.25, 0.3) is 0 Å². The second-order valence-electron chi connectivity index (χ2n) is 4.86. The van der Waals surface area contributed by atoms with Crippen molar-refractivity contribution in [3.63, 3.8) is 0 Å². The highest BCUT2D eigenvalue weighted by Crippen LogP contribution is 2.17. The van der Waals surface area contributed by atoms with Gasteiger partial charge in [-0.3, -0.25) is 0 Å². The second kappa shape index (κ2) is 10.0. The summed E-state index contributed by atoms with van der Waals surface area (Å²) in [5.74, 6) is 0.838. The van der Waals surface area contributed by atoms with Gasteiger partial charge in [-0.2, -0.15) is 0 Å².